The van der Waals surface area contributed by atoms with Gasteiger partial charge in [-0.1, -0.05) is 49.7 Å². The van der Waals surface area contributed by atoms with Crippen molar-refractivity contribution in [1.29, 1.82) is 0 Å². The van der Waals surface area contributed by atoms with Gasteiger partial charge in [-0.25, -0.2) is 4.79 Å². The number of fused-ring (bicyclic) bond motifs is 2. The van der Waals surface area contributed by atoms with Crippen LogP contribution in [0.4, 0.5) is 0 Å². The summed E-state index contributed by atoms with van der Waals surface area (Å²) < 4.78 is 6.23. The lowest BCUT2D eigenvalue weighted by molar-refractivity contribution is 0.0696. The second kappa shape index (κ2) is 9.15. The molecule has 0 spiro atoms. The number of halogens is 1. The van der Waals surface area contributed by atoms with Gasteiger partial charge in [-0.2, -0.15) is 0 Å². The molecule has 1 saturated carbocycles. The molecule has 3 rings (SSSR count). The normalized spacial score (nSPS) is 24.9. The van der Waals surface area contributed by atoms with Crippen LogP contribution in [0.3, 0.4) is 0 Å². The standard InChI is InChI=1S/C23H29ClO4/c1-3-4-5-14(2)19(25)12-8-15-9-13-20-17(15)10-6-16-7-11-18(23(26)27)21(24)22(16)28-20/h7-8,11-12,15,17,19-20,25H,2-6,9-10,13H2,1H3,(H,26,27)/b12-8+/t15-,17+,19?,20-/m0/s1. The number of ether oxygens (including phenoxy) is 1. The Morgan fingerprint density at radius 1 is 1.39 bits per heavy atom. The molecule has 1 unspecified atom stereocenters. The molecule has 1 heterocycles. The molecular formula is C23H29ClO4. The summed E-state index contributed by atoms with van der Waals surface area (Å²) in [4.78, 5) is 11.4. The smallest absolute Gasteiger partial charge is 0.337 e. The Balaban J connectivity index is 1.70. The number of allylic oxidation sites excluding steroid dienone is 1. The van der Waals surface area contributed by atoms with Crippen LogP contribution in [0, 0.1) is 11.8 Å². The summed E-state index contributed by atoms with van der Waals surface area (Å²) in [5.41, 5.74) is 1.92. The average Bonchev–Trinajstić information content (AvgIpc) is 2.95. The van der Waals surface area contributed by atoms with E-state index in [9.17, 15) is 15.0 Å². The van der Waals surface area contributed by atoms with Crippen molar-refractivity contribution in [2.24, 2.45) is 11.8 Å². The number of rotatable bonds is 7. The zero-order valence-electron chi connectivity index (χ0n) is 16.4. The Morgan fingerprint density at radius 2 is 2.18 bits per heavy atom. The summed E-state index contributed by atoms with van der Waals surface area (Å²) >= 11 is 6.34. The van der Waals surface area contributed by atoms with Crippen molar-refractivity contribution in [3.05, 3.63) is 52.6 Å². The zero-order valence-corrected chi connectivity index (χ0v) is 17.1. The minimum Gasteiger partial charge on any atom is -0.488 e. The number of aliphatic hydroxyl groups is 1. The fraction of sp³-hybridized carbons (Fsp3) is 0.522. The van der Waals surface area contributed by atoms with Gasteiger partial charge in [0.1, 0.15) is 11.9 Å². The topological polar surface area (TPSA) is 66.8 Å². The Bertz CT molecular complexity index is 770. The van der Waals surface area contributed by atoms with Crippen LogP contribution in [0.5, 0.6) is 5.75 Å². The van der Waals surface area contributed by atoms with Gasteiger partial charge in [-0.15, -0.1) is 0 Å². The number of aromatic carboxylic acids is 1. The number of hydrogen-bond donors (Lipinski definition) is 2. The SMILES string of the molecule is C=C(CCCC)C(O)/C=C/[C@H]1CC[C@@H]2Oc3c(ccc(C(=O)O)c3Cl)CC[C@@H]21. The predicted octanol–water partition coefficient (Wildman–Crippen LogP) is 5.42. The van der Waals surface area contributed by atoms with Crippen LogP contribution in [0.2, 0.25) is 5.02 Å². The van der Waals surface area contributed by atoms with Crippen LogP contribution >= 0.6 is 11.6 Å². The first kappa shape index (κ1) is 20.9. The third-order valence-corrected chi connectivity index (χ3v) is 6.42. The van der Waals surface area contributed by atoms with E-state index in [4.69, 9.17) is 16.3 Å². The van der Waals surface area contributed by atoms with E-state index >= 15 is 0 Å². The highest BCUT2D eigenvalue weighted by molar-refractivity contribution is 6.35. The molecule has 0 aromatic heterocycles. The van der Waals surface area contributed by atoms with E-state index in [1.807, 2.05) is 12.1 Å². The summed E-state index contributed by atoms with van der Waals surface area (Å²) in [7, 11) is 0. The van der Waals surface area contributed by atoms with E-state index in [0.717, 1.165) is 56.1 Å². The molecule has 1 aliphatic carbocycles. The Morgan fingerprint density at radius 3 is 2.89 bits per heavy atom. The van der Waals surface area contributed by atoms with E-state index in [1.54, 1.807) is 6.07 Å². The lowest BCUT2D eigenvalue weighted by Gasteiger charge is -2.22. The van der Waals surface area contributed by atoms with E-state index < -0.39 is 12.1 Å². The highest BCUT2D eigenvalue weighted by atomic mass is 35.5. The van der Waals surface area contributed by atoms with Gasteiger partial charge in [0.05, 0.1) is 16.7 Å². The molecule has 4 atom stereocenters. The molecule has 0 radical (unpaired) electrons. The molecular weight excluding hydrogens is 376 g/mol. The molecule has 1 aromatic rings. The molecule has 5 heteroatoms. The second-order valence-corrected chi connectivity index (χ2v) is 8.29. The van der Waals surface area contributed by atoms with E-state index in [2.05, 4.69) is 19.6 Å². The molecule has 4 nitrogen and oxygen atoms in total. The van der Waals surface area contributed by atoms with Crippen LogP contribution < -0.4 is 4.74 Å². The number of aryl methyl sites for hydroxylation is 1. The van der Waals surface area contributed by atoms with Gasteiger partial charge in [0.15, 0.2) is 0 Å². The van der Waals surface area contributed by atoms with Crippen LogP contribution in [-0.2, 0) is 6.42 Å². The lowest BCUT2D eigenvalue weighted by atomic mass is 9.88. The number of hydrogen-bond acceptors (Lipinski definition) is 3. The number of carboxylic acid groups (broad SMARTS) is 1. The summed E-state index contributed by atoms with van der Waals surface area (Å²) in [6.07, 6.45) is 10.1. The van der Waals surface area contributed by atoms with Gasteiger partial charge in [0, 0.05) is 5.92 Å². The third-order valence-electron chi connectivity index (χ3n) is 6.05. The molecule has 0 amide bonds. The highest BCUT2D eigenvalue weighted by Gasteiger charge is 2.39. The number of aliphatic hydroxyl groups excluding tert-OH is 1. The van der Waals surface area contributed by atoms with Crippen LogP contribution in [-0.4, -0.2) is 28.4 Å². The van der Waals surface area contributed by atoms with Gasteiger partial charge in [-0.05, 0) is 61.6 Å². The Kier molecular flexibility index (Phi) is 6.84. The summed E-state index contributed by atoms with van der Waals surface area (Å²) in [6, 6.07) is 3.38. The molecule has 1 fully saturated rings. The molecule has 152 valence electrons. The molecule has 1 aromatic carbocycles. The third kappa shape index (κ3) is 4.44. The Labute approximate surface area is 171 Å². The largest absolute Gasteiger partial charge is 0.488 e. The first-order valence-corrected chi connectivity index (χ1v) is 10.6. The monoisotopic (exact) mass is 404 g/mol. The predicted molar refractivity (Wildman–Crippen MR) is 111 cm³/mol. The average molecular weight is 405 g/mol. The van der Waals surface area contributed by atoms with Crippen LogP contribution in [0.25, 0.3) is 0 Å². The quantitative estimate of drug-likeness (QED) is 0.595. The molecule has 28 heavy (non-hydrogen) atoms. The molecule has 1 aliphatic heterocycles. The number of unbranched alkanes of at least 4 members (excludes halogenated alkanes) is 1. The summed E-state index contributed by atoms with van der Waals surface area (Å²) in [6.45, 7) is 6.13. The van der Waals surface area contributed by atoms with Crippen molar-refractivity contribution in [2.75, 3.05) is 0 Å². The fourth-order valence-corrected chi connectivity index (χ4v) is 4.65. The molecule has 0 bridgehead atoms. The number of carbonyl (C=O) groups is 1. The minimum atomic E-state index is -1.04. The summed E-state index contributed by atoms with van der Waals surface area (Å²) in [5.74, 6) is 0.170. The van der Waals surface area contributed by atoms with Crippen LogP contribution in [0.15, 0.2) is 36.4 Å². The van der Waals surface area contributed by atoms with Gasteiger partial charge in [-0.3, -0.25) is 0 Å². The molecule has 0 saturated heterocycles. The Hall–Kier alpha value is -1.78. The van der Waals surface area contributed by atoms with Crippen molar-refractivity contribution in [3.63, 3.8) is 0 Å². The van der Waals surface area contributed by atoms with E-state index in [0.29, 0.717) is 17.6 Å². The van der Waals surface area contributed by atoms with Gasteiger partial charge >= 0.3 is 5.97 Å². The number of carboxylic acids is 1. The summed E-state index contributed by atoms with van der Waals surface area (Å²) in [5, 5.41) is 19.8. The zero-order chi connectivity index (χ0) is 20.3. The maximum absolute atomic E-state index is 11.4. The van der Waals surface area contributed by atoms with Crippen molar-refractivity contribution >= 4 is 17.6 Å². The van der Waals surface area contributed by atoms with Crippen LogP contribution in [0.1, 0.15) is 61.4 Å². The first-order valence-electron chi connectivity index (χ1n) is 10.2. The fourth-order valence-electron chi connectivity index (χ4n) is 4.34. The molecule has 2 N–H and O–H groups in total. The van der Waals surface area contributed by atoms with E-state index in [-0.39, 0.29) is 16.7 Å². The maximum Gasteiger partial charge on any atom is 0.337 e. The van der Waals surface area contributed by atoms with Crippen molar-refractivity contribution in [1.82, 2.24) is 0 Å². The maximum atomic E-state index is 11.4. The van der Waals surface area contributed by atoms with Crippen molar-refractivity contribution in [2.45, 2.75) is 64.1 Å². The minimum absolute atomic E-state index is 0.0258. The number of benzene rings is 1. The molecule has 2 aliphatic rings. The van der Waals surface area contributed by atoms with Crippen molar-refractivity contribution in [3.8, 4) is 5.75 Å². The highest BCUT2D eigenvalue weighted by Crippen LogP contribution is 2.45. The van der Waals surface area contributed by atoms with Gasteiger partial charge < -0.3 is 14.9 Å². The van der Waals surface area contributed by atoms with Gasteiger partial charge in [0.2, 0.25) is 0 Å². The van der Waals surface area contributed by atoms with Crippen molar-refractivity contribution < 1.29 is 19.7 Å². The second-order valence-electron chi connectivity index (χ2n) is 7.91. The first-order chi connectivity index (χ1) is 13.4. The lowest BCUT2D eigenvalue weighted by Crippen LogP contribution is -2.23. The van der Waals surface area contributed by atoms with Gasteiger partial charge in [0.25, 0.3) is 0 Å². The van der Waals surface area contributed by atoms with E-state index in [1.165, 1.54) is 0 Å².